The van der Waals surface area contributed by atoms with Gasteiger partial charge in [0.15, 0.2) is 5.75 Å². The Morgan fingerprint density at radius 1 is 0.833 bits per heavy atom. The van der Waals surface area contributed by atoms with Gasteiger partial charge in [-0.15, -0.1) is 0 Å². The van der Waals surface area contributed by atoms with Gasteiger partial charge in [-0.1, -0.05) is 20.3 Å². The largest absolute Gasteiger partial charge is 0.399 e. The summed E-state index contributed by atoms with van der Waals surface area (Å²) in [6.07, 6.45) is 1.25. The van der Waals surface area contributed by atoms with Crippen molar-refractivity contribution in [3.63, 3.8) is 0 Å². The number of nitrogens with zero attached hydrogens (tertiary/aromatic N) is 2. The van der Waals surface area contributed by atoms with Gasteiger partial charge in [0, 0.05) is 43.2 Å². The van der Waals surface area contributed by atoms with Gasteiger partial charge < -0.3 is 20.4 Å². The van der Waals surface area contributed by atoms with Crippen molar-refractivity contribution >= 4 is 17.1 Å². The molecule has 3 N–H and O–H groups in total. The molecule has 1 aliphatic rings. The van der Waals surface area contributed by atoms with E-state index in [1.54, 1.807) is 12.1 Å². The third-order valence-electron chi connectivity index (χ3n) is 3.85. The van der Waals surface area contributed by atoms with Crippen LogP contribution >= 0.6 is 0 Å². The van der Waals surface area contributed by atoms with Crippen LogP contribution in [0.4, 0.5) is 17.1 Å². The second-order valence-electron chi connectivity index (χ2n) is 5.86. The second kappa shape index (κ2) is 9.03. The molecule has 130 valence electrons. The molecule has 0 aromatic heterocycles. The summed E-state index contributed by atoms with van der Waals surface area (Å²) in [6.45, 7) is 8.12. The van der Waals surface area contributed by atoms with Crippen molar-refractivity contribution in [3.8, 4) is 5.75 Å². The van der Waals surface area contributed by atoms with Gasteiger partial charge in [0.1, 0.15) is 0 Å². The molecule has 5 nitrogen and oxygen atoms in total. The van der Waals surface area contributed by atoms with Crippen LogP contribution in [0.2, 0.25) is 0 Å². The zero-order valence-corrected chi connectivity index (χ0v) is 14.5. The van der Waals surface area contributed by atoms with Crippen molar-refractivity contribution in [3.05, 3.63) is 48.5 Å². The van der Waals surface area contributed by atoms with Crippen molar-refractivity contribution in [1.29, 1.82) is 0 Å². The fraction of sp³-hybridized carbons (Fsp3) is 0.368. The smallest absolute Gasteiger partial charge is 0.165 e. The molecule has 0 bridgehead atoms. The van der Waals surface area contributed by atoms with Crippen LogP contribution in [0.15, 0.2) is 48.5 Å². The van der Waals surface area contributed by atoms with E-state index in [1.165, 1.54) is 12.1 Å². The van der Waals surface area contributed by atoms with Crippen molar-refractivity contribution < 1.29 is 10.1 Å². The van der Waals surface area contributed by atoms with Gasteiger partial charge in [-0.05, 0) is 48.5 Å². The van der Waals surface area contributed by atoms with Crippen LogP contribution in [0.1, 0.15) is 20.3 Å². The summed E-state index contributed by atoms with van der Waals surface area (Å²) < 4.78 is 0. The van der Waals surface area contributed by atoms with Crippen molar-refractivity contribution in [2.75, 3.05) is 41.7 Å². The molecule has 0 atom stereocenters. The highest BCUT2D eigenvalue weighted by Crippen LogP contribution is 2.23. The Hall–Kier alpha value is -2.40. The topological polar surface area (TPSA) is 62.0 Å². The molecule has 5 heteroatoms. The number of piperazine rings is 1. The summed E-state index contributed by atoms with van der Waals surface area (Å²) in [6, 6.07) is 15.5. The molecular formula is C19H27N3O2. The molecule has 1 fully saturated rings. The number of hydrogen-bond donors (Lipinski definition) is 2. The van der Waals surface area contributed by atoms with E-state index < -0.39 is 0 Å². The van der Waals surface area contributed by atoms with Gasteiger partial charge in [-0.2, -0.15) is 0 Å². The van der Waals surface area contributed by atoms with E-state index in [1.807, 2.05) is 24.3 Å². The maximum atomic E-state index is 8.59. The zero-order chi connectivity index (χ0) is 17.4. The van der Waals surface area contributed by atoms with Gasteiger partial charge in [0.2, 0.25) is 0 Å². The van der Waals surface area contributed by atoms with Crippen LogP contribution in [-0.4, -0.2) is 31.4 Å². The average Bonchev–Trinajstić information content (AvgIpc) is 2.63. The lowest BCUT2D eigenvalue weighted by atomic mass is 10.2. The molecule has 0 aliphatic carbocycles. The van der Waals surface area contributed by atoms with Crippen molar-refractivity contribution in [1.82, 2.24) is 0 Å². The molecule has 1 heterocycles. The molecule has 1 aliphatic heterocycles. The average molecular weight is 329 g/mol. The highest BCUT2D eigenvalue weighted by atomic mass is 17.1. The summed E-state index contributed by atoms with van der Waals surface area (Å²) in [5, 5.41) is 8.59. The van der Waals surface area contributed by atoms with Crippen molar-refractivity contribution in [2.45, 2.75) is 20.3 Å². The van der Waals surface area contributed by atoms with Crippen LogP contribution in [0.3, 0.4) is 0 Å². The molecule has 0 spiro atoms. The maximum absolute atomic E-state index is 8.59. The van der Waals surface area contributed by atoms with Crippen LogP contribution in [0.5, 0.6) is 5.75 Å². The molecule has 0 amide bonds. The van der Waals surface area contributed by atoms with E-state index in [9.17, 15) is 0 Å². The zero-order valence-electron chi connectivity index (χ0n) is 14.5. The number of rotatable bonds is 3. The van der Waals surface area contributed by atoms with Gasteiger partial charge in [0.25, 0.3) is 0 Å². The Morgan fingerprint density at radius 2 is 1.21 bits per heavy atom. The molecule has 0 radical (unpaired) electrons. The maximum Gasteiger partial charge on any atom is 0.165 e. The second-order valence-corrected chi connectivity index (χ2v) is 5.86. The fourth-order valence-electron chi connectivity index (χ4n) is 2.63. The van der Waals surface area contributed by atoms with E-state index in [-0.39, 0.29) is 0 Å². The minimum atomic E-state index is 0.458. The van der Waals surface area contributed by atoms with E-state index in [0.29, 0.717) is 5.75 Å². The van der Waals surface area contributed by atoms with Gasteiger partial charge in [-0.25, -0.2) is 5.26 Å². The monoisotopic (exact) mass is 329 g/mol. The van der Waals surface area contributed by atoms with Crippen LogP contribution < -0.4 is 20.4 Å². The number of nitrogen functional groups attached to an aromatic ring is 1. The summed E-state index contributed by atoms with van der Waals surface area (Å²) >= 11 is 0. The van der Waals surface area contributed by atoms with E-state index in [2.05, 4.69) is 40.7 Å². The van der Waals surface area contributed by atoms with Crippen LogP contribution in [0.25, 0.3) is 0 Å². The summed E-state index contributed by atoms with van der Waals surface area (Å²) in [5.74, 6) is 0.458. The molecule has 0 unspecified atom stereocenters. The Morgan fingerprint density at radius 3 is 1.58 bits per heavy atom. The molecule has 2 aromatic carbocycles. The number of benzene rings is 2. The minimum absolute atomic E-state index is 0.458. The first-order chi connectivity index (χ1) is 11.7. The van der Waals surface area contributed by atoms with E-state index in [0.717, 1.165) is 37.6 Å². The van der Waals surface area contributed by atoms with E-state index >= 15 is 0 Å². The fourth-order valence-corrected chi connectivity index (χ4v) is 2.63. The Balaban J connectivity index is 0.000000647. The highest BCUT2D eigenvalue weighted by Gasteiger charge is 2.17. The van der Waals surface area contributed by atoms with Gasteiger partial charge in [0.05, 0.1) is 0 Å². The Labute approximate surface area is 144 Å². The predicted molar refractivity (Wildman–Crippen MR) is 101 cm³/mol. The Bertz CT molecular complexity index is 591. The quantitative estimate of drug-likeness (QED) is 0.508. The van der Waals surface area contributed by atoms with Crippen molar-refractivity contribution in [2.24, 2.45) is 0 Å². The van der Waals surface area contributed by atoms with E-state index in [4.69, 9.17) is 11.0 Å². The van der Waals surface area contributed by atoms with Crippen LogP contribution in [-0.2, 0) is 0 Å². The van der Waals surface area contributed by atoms with Crippen LogP contribution in [0, 0.1) is 0 Å². The standard InChI is InChI=1S/C16H19N3O2.C3H8/c17-13-1-3-14(4-2-13)18-9-11-19(12-10-18)15-5-7-16(21-20)8-6-15;1-3-2/h1-8,20H,9-12,17H2;3H2,1-2H3. The predicted octanol–water partition coefficient (Wildman–Crippen LogP) is 3.86. The number of hydrogen-bond acceptors (Lipinski definition) is 5. The minimum Gasteiger partial charge on any atom is -0.399 e. The molecule has 24 heavy (non-hydrogen) atoms. The first kappa shape index (κ1) is 17.9. The molecule has 1 saturated heterocycles. The molecule has 2 aromatic rings. The lowest BCUT2D eigenvalue weighted by Crippen LogP contribution is -2.46. The normalized spacial score (nSPS) is 14.0. The summed E-state index contributed by atoms with van der Waals surface area (Å²) in [5.41, 5.74) is 8.88. The summed E-state index contributed by atoms with van der Waals surface area (Å²) in [7, 11) is 0. The lowest BCUT2D eigenvalue weighted by molar-refractivity contribution is -0.137. The molecule has 0 saturated carbocycles. The first-order valence-electron chi connectivity index (χ1n) is 8.44. The number of anilines is 3. The Kier molecular flexibility index (Phi) is 6.75. The third kappa shape index (κ3) is 4.80. The number of nitrogens with two attached hydrogens (primary N) is 1. The summed E-state index contributed by atoms with van der Waals surface area (Å²) in [4.78, 5) is 8.89. The third-order valence-corrected chi connectivity index (χ3v) is 3.85. The highest BCUT2D eigenvalue weighted by molar-refractivity contribution is 5.55. The molecular weight excluding hydrogens is 302 g/mol. The first-order valence-corrected chi connectivity index (χ1v) is 8.44. The lowest BCUT2D eigenvalue weighted by Gasteiger charge is -2.37. The molecule has 3 rings (SSSR count). The SMILES string of the molecule is CCC.Nc1ccc(N2CCN(c3ccc(OO)cc3)CC2)cc1. The van der Waals surface area contributed by atoms with Gasteiger partial charge >= 0.3 is 0 Å². The van der Waals surface area contributed by atoms with Gasteiger partial charge in [-0.3, -0.25) is 0 Å².